The fourth-order valence-electron chi connectivity index (χ4n) is 1.99. The smallest absolute Gasteiger partial charge is 0.259 e. The van der Waals surface area contributed by atoms with Crippen molar-refractivity contribution in [2.45, 2.75) is 12.5 Å². The Kier molecular flexibility index (Phi) is 4.50. The number of carbonyl (C=O) groups is 1. The van der Waals surface area contributed by atoms with E-state index in [0.29, 0.717) is 18.7 Å². The van der Waals surface area contributed by atoms with E-state index < -0.39 is 12.5 Å². The molecule has 1 fully saturated rings. The van der Waals surface area contributed by atoms with E-state index in [1.54, 1.807) is 18.2 Å². The Hall–Kier alpha value is -0.760. The number of amides is 1. The first-order chi connectivity index (χ1) is 8.59. The standard InChI is InChI=1S/C12H13F2IN2O/c13-11(14)10-7-16-4-5-17(10)12(18)8-2-1-3-9(15)6-8/h1-3,6,10-11,16H,4-5,7H2. The van der Waals surface area contributed by atoms with Crippen LogP contribution in [0.3, 0.4) is 0 Å². The highest BCUT2D eigenvalue weighted by Crippen LogP contribution is 2.17. The van der Waals surface area contributed by atoms with Gasteiger partial charge in [0.05, 0.1) is 0 Å². The topological polar surface area (TPSA) is 32.3 Å². The second-order valence-corrected chi connectivity index (χ2v) is 5.36. The van der Waals surface area contributed by atoms with Gasteiger partial charge in [-0.3, -0.25) is 4.79 Å². The zero-order valence-electron chi connectivity index (χ0n) is 9.57. The summed E-state index contributed by atoms with van der Waals surface area (Å²) in [6, 6.07) is 5.96. The number of nitrogens with one attached hydrogen (secondary N) is 1. The lowest BCUT2D eigenvalue weighted by atomic mass is 10.1. The number of hydrogen-bond donors (Lipinski definition) is 1. The summed E-state index contributed by atoms with van der Waals surface area (Å²) in [7, 11) is 0. The van der Waals surface area contributed by atoms with Crippen molar-refractivity contribution in [3.63, 3.8) is 0 Å². The maximum Gasteiger partial charge on any atom is 0.259 e. The lowest BCUT2D eigenvalue weighted by molar-refractivity contribution is 0.0126. The molecule has 1 N–H and O–H groups in total. The Morgan fingerprint density at radius 2 is 2.28 bits per heavy atom. The van der Waals surface area contributed by atoms with Crippen LogP contribution in [0.15, 0.2) is 24.3 Å². The number of halogens is 3. The summed E-state index contributed by atoms with van der Waals surface area (Å²) in [4.78, 5) is 13.5. The van der Waals surface area contributed by atoms with E-state index in [2.05, 4.69) is 27.9 Å². The summed E-state index contributed by atoms with van der Waals surface area (Å²) in [5.74, 6) is -0.319. The second-order valence-electron chi connectivity index (χ2n) is 4.11. The molecule has 1 aromatic carbocycles. The zero-order chi connectivity index (χ0) is 13.1. The first-order valence-corrected chi connectivity index (χ1v) is 6.73. The van der Waals surface area contributed by atoms with Crippen LogP contribution < -0.4 is 5.32 Å². The highest BCUT2D eigenvalue weighted by atomic mass is 127. The van der Waals surface area contributed by atoms with Crippen LogP contribution in [0.25, 0.3) is 0 Å². The molecule has 1 unspecified atom stereocenters. The van der Waals surface area contributed by atoms with E-state index in [9.17, 15) is 13.6 Å². The Bertz CT molecular complexity index is 442. The summed E-state index contributed by atoms with van der Waals surface area (Å²) >= 11 is 2.10. The van der Waals surface area contributed by atoms with Crippen molar-refractivity contribution in [3.05, 3.63) is 33.4 Å². The van der Waals surface area contributed by atoms with Crippen molar-refractivity contribution < 1.29 is 13.6 Å². The van der Waals surface area contributed by atoms with Crippen molar-refractivity contribution in [3.8, 4) is 0 Å². The third kappa shape index (κ3) is 2.97. The van der Waals surface area contributed by atoms with E-state index in [0.717, 1.165) is 3.57 Å². The number of carbonyl (C=O) groups excluding carboxylic acids is 1. The van der Waals surface area contributed by atoms with Gasteiger partial charge in [-0.1, -0.05) is 6.07 Å². The summed E-state index contributed by atoms with van der Waals surface area (Å²) in [5, 5.41) is 2.89. The molecule has 1 amide bonds. The van der Waals surface area contributed by atoms with E-state index in [-0.39, 0.29) is 12.5 Å². The van der Waals surface area contributed by atoms with Crippen LogP contribution in [-0.2, 0) is 0 Å². The average Bonchev–Trinajstić information content (AvgIpc) is 2.38. The fraction of sp³-hybridized carbons (Fsp3) is 0.417. The van der Waals surface area contributed by atoms with Crippen molar-refractivity contribution in [2.24, 2.45) is 0 Å². The third-order valence-corrected chi connectivity index (χ3v) is 3.58. The lowest BCUT2D eigenvalue weighted by Crippen LogP contribution is -2.56. The molecular formula is C12H13F2IN2O. The number of benzene rings is 1. The zero-order valence-corrected chi connectivity index (χ0v) is 11.7. The van der Waals surface area contributed by atoms with Crippen LogP contribution in [0.5, 0.6) is 0 Å². The number of alkyl halides is 2. The normalized spacial score (nSPS) is 20.2. The predicted octanol–water partition coefficient (Wildman–Crippen LogP) is 1.97. The van der Waals surface area contributed by atoms with Crippen molar-refractivity contribution in [1.29, 1.82) is 0 Å². The molecule has 1 aromatic rings. The second kappa shape index (κ2) is 5.92. The maximum absolute atomic E-state index is 12.9. The Morgan fingerprint density at radius 3 is 2.94 bits per heavy atom. The molecule has 2 rings (SSSR count). The molecule has 0 aromatic heterocycles. The Morgan fingerprint density at radius 1 is 1.50 bits per heavy atom. The molecule has 1 saturated heterocycles. The molecule has 0 saturated carbocycles. The number of nitrogens with zero attached hydrogens (tertiary/aromatic N) is 1. The molecule has 98 valence electrons. The summed E-state index contributed by atoms with van der Waals surface area (Å²) in [6.45, 7) is 1.02. The molecule has 0 bridgehead atoms. The van der Waals surface area contributed by atoms with Crippen LogP contribution in [0.4, 0.5) is 8.78 Å². The van der Waals surface area contributed by atoms with Gasteiger partial charge < -0.3 is 10.2 Å². The van der Waals surface area contributed by atoms with Crippen LogP contribution in [0.1, 0.15) is 10.4 Å². The largest absolute Gasteiger partial charge is 0.327 e. The average molecular weight is 366 g/mol. The van der Waals surface area contributed by atoms with Gasteiger partial charge in [0.2, 0.25) is 0 Å². The number of piperazine rings is 1. The van der Waals surface area contributed by atoms with Gasteiger partial charge in [0, 0.05) is 28.8 Å². The van der Waals surface area contributed by atoms with Crippen molar-refractivity contribution in [2.75, 3.05) is 19.6 Å². The molecule has 18 heavy (non-hydrogen) atoms. The highest BCUT2D eigenvalue weighted by molar-refractivity contribution is 14.1. The van der Waals surface area contributed by atoms with Gasteiger partial charge in [0.15, 0.2) is 0 Å². The molecule has 1 aliphatic rings. The van der Waals surface area contributed by atoms with Crippen LogP contribution in [0, 0.1) is 3.57 Å². The third-order valence-electron chi connectivity index (χ3n) is 2.91. The predicted molar refractivity (Wildman–Crippen MR) is 72.9 cm³/mol. The summed E-state index contributed by atoms with van der Waals surface area (Å²) < 4.78 is 26.7. The molecule has 1 aliphatic heterocycles. The van der Waals surface area contributed by atoms with Crippen molar-refractivity contribution >= 4 is 28.5 Å². The monoisotopic (exact) mass is 366 g/mol. The quantitative estimate of drug-likeness (QED) is 0.812. The van der Waals surface area contributed by atoms with Crippen molar-refractivity contribution in [1.82, 2.24) is 10.2 Å². The van der Waals surface area contributed by atoms with Crippen LogP contribution >= 0.6 is 22.6 Å². The van der Waals surface area contributed by atoms with Crippen LogP contribution in [0.2, 0.25) is 0 Å². The summed E-state index contributed by atoms with van der Waals surface area (Å²) in [6.07, 6.45) is -2.52. The highest BCUT2D eigenvalue weighted by Gasteiger charge is 2.33. The first kappa shape index (κ1) is 13.7. The molecule has 0 aliphatic carbocycles. The van der Waals surface area contributed by atoms with Crippen LogP contribution in [-0.4, -0.2) is 42.9 Å². The molecule has 0 radical (unpaired) electrons. The SMILES string of the molecule is O=C(c1cccc(I)c1)N1CCNCC1C(F)F. The van der Waals surface area contributed by atoms with E-state index in [4.69, 9.17) is 0 Å². The van der Waals surface area contributed by atoms with E-state index in [1.807, 2.05) is 6.07 Å². The minimum atomic E-state index is -2.52. The lowest BCUT2D eigenvalue weighted by Gasteiger charge is -2.35. The first-order valence-electron chi connectivity index (χ1n) is 5.65. The maximum atomic E-state index is 12.9. The van der Waals surface area contributed by atoms with Gasteiger partial charge in [-0.25, -0.2) is 8.78 Å². The van der Waals surface area contributed by atoms with Gasteiger partial charge >= 0.3 is 0 Å². The van der Waals surface area contributed by atoms with Gasteiger partial charge in [-0.2, -0.15) is 0 Å². The Labute approximate surface area is 118 Å². The minimum Gasteiger partial charge on any atom is -0.327 e. The van der Waals surface area contributed by atoms with Gasteiger partial charge in [-0.15, -0.1) is 0 Å². The molecular weight excluding hydrogens is 353 g/mol. The molecule has 0 spiro atoms. The fourth-order valence-corrected chi connectivity index (χ4v) is 2.53. The minimum absolute atomic E-state index is 0.146. The number of rotatable bonds is 2. The van der Waals surface area contributed by atoms with Gasteiger partial charge in [-0.05, 0) is 40.8 Å². The van der Waals surface area contributed by atoms with Gasteiger partial charge in [0.1, 0.15) is 6.04 Å². The molecule has 1 atom stereocenters. The molecule has 6 heteroatoms. The Balaban J connectivity index is 2.21. The summed E-state index contributed by atoms with van der Waals surface area (Å²) in [5.41, 5.74) is 0.467. The van der Waals surface area contributed by atoms with E-state index in [1.165, 1.54) is 4.90 Å². The number of hydrogen-bond acceptors (Lipinski definition) is 2. The van der Waals surface area contributed by atoms with E-state index >= 15 is 0 Å². The molecule has 1 heterocycles. The van der Waals surface area contributed by atoms with Gasteiger partial charge in [0.25, 0.3) is 12.3 Å². The molecule has 3 nitrogen and oxygen atoms in total.